The minimum Gasteiger partial charge on any atom is -0.478 e. The second kappa shape index (κ2) is 6.52. The van der Waals surface area contributed by atoms with Gasteiger partial charge in [-0.2, -0.15) is 0 Å². The molecule has 0 saturated heterocycles. The van der Waals surface area contributed by atoms with Crippen molar-refractivity contribution in [3.8, 4) is 0 Å². The van der Waals surface area contributed by atoms with Crippen LogP contribution in [-0.4, -0.2) is 49.2 Å². The van der Waals surface area contributed by atoms with Crippen molar-refractivity contribution in [2.45, 2.75) is 19.9 Å². The predicted molar refractivity (Wildman–Crippen MR) is 74.4 cm³/mol. The molecule has 1 N–H and O–H groups in total. The predicted octanol–water partition coefficient (Wildman–Crippen LogP) is 2.30. The molecule has 0 bridgehead atoms. The Bertz CT molecular complexity index is 449. The summed E-state index contributed by atoms with van der Waals surface area (Å²) >= 11 is 0. The molecule has 0 aliphatic heterocycles. The number of carbonyl (C=O) groups is 1. The standard InChI is InChI=1S/C14H21FN2O2/c1-5-17(10(2)9-16(3)4)12-8-6-7-11(15)13(12)14(18)19/h6-8,10H,5,9H2,1-4H3,(H,18,19). The number of rotatable bonds is 6. The summed E-state index contributed by atoms with van der Waals surface area (Å²) in [4.78, 5) is 15.2. The number of halogens is 1. The Labute approximate surface area is 113 Å². The quantitative estimate of drug-likeness (QED) is 0.859. The van der Waals surface area contributed by atoms with E-state index in [2.05, 4.69) is 0 Å². The lowest BCUT2D eigenvalue weighted by Gasteiger charge is -2.33. The van der Waals surface area contributed by atoms with Crippen molar-refractivity contribution >= 4 is 11.7 Å². The first kappa shape index (κ1) is 15.4. The van der Waals surface area contributed by atoms with Crippen molar-refractivity contribution in [1.82, 2.24) is 4.90 Å². The van der Waals surface area contributed by atoms with Crippen molar-refractivity contribution in [3.63, 3.8) is 0 Å². The van der Waals surface area contributed by atoms with Crippen molar-refractivity contribution in [1.29, 1.82) is 0 Å². The maximum atomic E-state index is 13.7. The molecule has 1 unspecified atom stereocenters. The first-order valence-corrected chi connectivity index (χ1v) is 6.31. The van der Waals surface area contributed by atoms with Gasteiger partial charge in [-0.1, -0.05) is 6.07 Å². The summed E-state index contributed by atoms with van der Waals surface area (Å²) in [5.41, 5.74) is 0.180. The zero-order valence-electron chi connectivity index (χ0n) is 11.9. The van der Waals surface area contributed by atoms with Crippen LogP contribution in [0, 0.1) is 5.82 Å². The van der Waals surface area contributed by atoms with Gasteiger partial charge in [0.15, 0.2) is 0 Å². The largest absolute Gasteiger partial charge is 0.478 e. The maximum absolute atomic E-state index is 13.7. The van der Waals surface area contributed by atoms with Gasteiger partial charge in [-0.15, -0.1) is 0 Å². The minimum atomic E-state index is -1.23. The number of carboxylic acids is 1. The fourth-order valence-corrected chi connectivity index (χ4v) is 2.31. The van der Waals surface area contributed by atoms with Gasteiger partial charge in [0.1, 0.15) is 11.4 Å². The minimum absolute atomic E-state index is 0.0971. The topological polar surface area (TPSA) is 43.8 Å². The highest BCUT2D eigenvalue weighted by Gasteiger charge is 2.22. The zero-order chi connectivity index (χ0) is 14.6. The van der Waals surface area contributed by atoms with Crippen LogP contribution in [0.2, 0.25) is 0 Å². The fraction of sp³-hybridized carbons (Fsp3) is 0.500. The molecule has 1 aromatic carbocycles. The van der Waals surface area contributed by atoms with Crippen LogP contribution in [0.1, 0.15) is 24.2 Å². The Kier molecular flexibility index (Phi) is 5.30. The van der Waals surface area contributed by atoms with Crippen molar-refractivity contribution in [3.05, 3.63) is 29.6 Å². The smallest absolute Gasteiger partial charge is 0.340 e. The molecule has 0 heterocycles. The molecule has 0 spiro atoms. The maximum Gasteiger partial charge on any atom is 0.340 e. The van der Waals surface area contributed by atoms with Gasteiger partial charge >= 0.3 is 5.97 Å². The highest BCUT2D eigenvalue weighted by atomic mass is 19.1. The summed E-state index contributed by atoms with van der Waals surface area (Å²) < 4.78 is 13.7. The van der Waals surface area contributed by atoms with E-state index in [0.29, 0.717) is 12.2 Å². The number of benzene rings is 1. The van der Waals surface area contributed by atoms with E-state index in [1.54, 1.807) is 12.1 Å². The molecule has 0 aliphatic rings. The lowest BCUT2D eigenvalue weighted by Crippen LogP contribution is -2.41. The van der Waals surface area contributed by atoms with E-state index < -0.39 is 11.8 Å². The zero-order valence-corrected chi connectivity index (χ0v) is 11.9. The summed E-state index contributed by atoms with van der Waals surface area (Å²) in [5.74, 6) is -1.93. The van der Waals surface area contributed by atoms with Crippen LogP contribution < -0.4 is 4.90 Å². The van der Waals surface area contributed by atoms with Crippen LogP contribution in [0.3, 0.4) is 0 Å². The third-order valence-corrected chi connectivity index (χ3v) is 3.02. The number of nitrogens with zero attached hydrogens (tertiary/aromatic N) is 2. The second-order valence-corrected chi connectivity index (χ2v) is 4.84. The summed E-state index contributed by atoms with van der Waals surface area (Å²) in [6.45, 7) is 5.32. The molecule has 0 saturated carbocycles. The molecule has 1 aromatic rings. The van der Waals surface area contributed by atoms with E-state index in [9.17, 15) is 14.3 Å². The van der Waals surface area contributed by atoms with Crippen molar-refractivity contribution in [2.24, 2.45) is 0 Å². The molecule has 0 fully saturated rings. The first-order valence-electron chi connectivity index (χ1n) is 6.31. The molecule has 19 heavy (non-hydrogen) atoms. The van der Waals surface area contributed by atoms with E-state index in [0.717, 1.165) is 6.54 Å². The summed E-state index contributed by atoms with van der Waals surface area (Å²) in [6, 6.07) is 4.47. The van der Waals surface area contributed by atoms with Gasteiger partial charge in [0.25, 0.3) is 0 Å². The average molecular weight is 268 g/mol. The molecular formula is C14H21FN2O2. The molecular weight excluding hydrogens is 247 g/mol. The Balaban J connectivity index is 3.18. The molecule has 1 rings (SSSR count). The van der Waals surface area contributed by atoms with Crippen LogP contribution in [0.25, 0.3) is 0 Å². The Morgan fingerprint density at radius 3 is 2.53 bits per heavy atom. The number of anilines is 1. The first-order chi connectivity index (χ1) is 8.88. The lowest BCUT2D eigenvalue weighted by molar-refractivity contribution is 0.0692. The average Bonchev–Trinajstić information content (AvgIpc) is 2.28. The molecule has 106 valence electrons. The lowest BCUT2D eigenvalue weighted by atomic mass is 10.1. The number of aromatic carboxylic acids is 1. The molecule has 0 aromatic heterocycles. The molecule has 0 aliphatic carbocycles. The van der Waals surface area contributed by atoms with E-state index in [4.69, 9.17) is 0 Å². The SMILES string of the molecule is CCN(c1cccc(F)c1C(=O)O)C(C)CN(C)C. The molecule has 5 heteroatoms. The van der Waals surface area contributed by atoms with Gasteiger partial charge in [0.05, 0.1) is 5.69 Å². The van der Waals surface area contributed by atoms with Gasteiger partial charge in [-0.05, 0) is 40.1 Å². The van der Waals surface area contributed by atoms with E-state index >= 15 is 0 Å². The third-order valence-electron chi connectivity index (χ3n) is 3.02. The monoisotopic (exact) mass is 268 g/mol. The van der Waals surface area contributed by atoms with E-state index in [1.165, 1.54) is 6.07 Å². The van der Waals surface area contributed by atoms with Crippen LogP contribution in [0.15, 0.2) is 18.2 Å². The third kappa shape index (κ3) is 3.67. The number of hydrogen-bond donors (Lipinski definition) is 1. The van der Waals surface area contributed by atoms with E-state index in [-0.39, 0.29) is 11.6 Å². The molecule has 0 radical (unpaired) electrons. The fourth-order valence-electron chi connectivity index (χ4n) is 2.31. The number of carboxylic acid groups (broad SMARTS) is 1. The number of hydrogen-bond acceptors (Lipinski definition) is 3. The van der Waals surface area contributed by atoms with Gasteiger partial charge in [0, 0.05) is 19.1 Å². The molecule has 4 nitrogen and oxygen atoms in total. The summed E-state index contributed by atoms with van der Waals surface area (Å²) in [6.07, 6.45) is 0. The van der Waals surface area contributed by atoms with Crippen molar-refractivity contribution < 1.29 is 14.3 Å². The normalized spacial score (nSPS) is 12.5. The number of likely N-dealkylation sites (N-methyl/N-ethyl adjacent to an activating group) is 2. The summed E-state index contributed by atoms with van der Waals surface area (Å²) in [5, 5.41) is 9.18. The van der Waals surface area contributed by atoms with Gasteiger partial charge < -0.3 is 14.9 Å². The second-order valence-electron chi connectivity index (χ2n) is 4.84. The van der Waals surface area contributed by atoms with Crippen LogP contribution in [-0.2, 0) is 0 Å². The van der Waals surface area contributed by atoms with Gasteiger partial charge in [0.2, 0.25) is 0 Å². The van der Waals surface area contributed by atoms with Crippen LogP contribution in [0.5, 0.6) is 0 Å². The van der Waals surface area contributed by atoms with Gasteiger partial charge in [-0.25, -0.2) is 9.18 Å². The highest BCUT2D eigenvalue weighted by molar-refractivity contribution is 5.94. The van der Waals surface area contributed by atoms with Crippen LogP contribution in [0.4, 0.5) is 10.1 Å². The molecule has 0 amide bonds. The van der Waals surface area contributed by atoms with Gasteiger partial charge in [-0.3, -0.25) is 0 Å². The molecule has 1 atom stereocenters. The Morgan fingerprint density at radius 1 is 1.42 bits per heavy atom. The Hall–Kier alpha value is -1.62. The highest BCUT2D eigenvalue weighted by Crippen LogP contribution is 2.25. The Morgan fingerprint density at radius 2 is 2.05 bits per heavy atom. The summed E-state index contributed by atoms with van der Waals surface area (Å²) in [7, 11) is 3.90. The van der Waals surface area contributed by atoms with Crippen LogP contribution >= 0.6 is 0 Å². The van der Waals surface area contributed by atoms with E-state index in [1.807, 2.05) is 37.7 Å². The van der Waals surface area contributed by atoms with Crippen molar-refractivity contribution in [2.75, 3.05) is 32.1 Å².